The number of hydrogen-bond donors (Lipinski definition) is 1. The summed E-state index contributed by atoms with van der Waals surface area (Å²) in [6.45, 7) is 3.74. The molecule has 0 saturated heterocycles. The van der Waals surface area contributed by atoms with Crippen LogP contribution in [0.4, 0.5) is 0 Å². The largest absolute Gasteiger partial charge is 0.475 e. The van der Waals surface area contributed by atoms with Crippen molar-refractivity contribution in [2.24, 2.45) is 0 Å². The van der Waals surface area contributed by atoms with Crippen molar-refractivity contribution in [1.82, 2.24) is 19.9 Å². The van der Waals surface area contributed by atoms with Crippen LogP contribution in [0.25, 0.3) is 11.3 Å². The predicted octanol–water partition coefficient (Wildman–Crippen LogP) is 1.50. The first-order valence-corrected chi connectivity index (χ1v) is 5.50. The summed E-state index contributed by atoms with van der Waals surface area (Å²) in [4.78, 5) is 26.9. The Bertz CT molecular complexity index is 581. The van der Waals surface area contributed by atoms with Crippen LogP contribution < -0.4 is 0 Å². The number of rotatable bonds is 3. The SMILES string of the molecule is CCc1cnc(C(=O)O)nc1-c1cnc(C)nc1. The number of aromatic carboxylic acids is 1. The van der Waals surface area contributed by atoms with E-state index in [1.54, 1.807) is 19.3 Å². The standard InChI is InChI=1S/C12H12N4O2/c1-3-8-4-15-11(12(17)18)16-10(8)9-5-13-7(2)14-6-9/h4-6H,3H2,1-2H3,(H,17,18). The zero-order chi connectivity index (χ0) is 13.1. The van der Waals surface area contributed by atoms with Crippen molar-refractivity contribution in [2.45, 2.75) is 20.3 Å². The molecule has 0 atom stereocenters. The highest BCUT2D eigenvalue weighted by atomic mass is 16.4. The monoisotopic (exact) mass is 244 g/mol. The van der Waals surface area contributed by atoms with Gasteiger partial charge in [0, 0.05) is 24.2 Å². The molecule has 0 spiro atoms. The molecule has 2 heterocycles. The number of carbonyl (C=O) groups is 1. The second-order valence-corrected chi connectivity index (χ2v) is 3.75. The van der Waals surface area contributed by atoms with E-state index in [9.17, 15) is 4.79 Å². The minimum absolute atomic E-state index is 0.220. The van der Waals surface area contributed by atoms with Crippen LogP contribution in [0.2, 0.25) is 0 Å². The van der Waals surface area contributed by atoms with Gasteiger partial charge in [-0.05, 0) is 18.9 Å². The Labute approximate surface area is 104 Å². The van der Waals surface area contributed by atoms with E-state index in [0.29, 0.717) is 23.5 Å². The Morgan fingerprint density at radius 2 is 1.89 bits per heavy atom. The molecule has 2 aromatic heterocycles. The summed E-state index contributed by atoms with van der Waals surface area (Å²) in [5.74, 6) is -0.709. The second-order valence-electron chi connectivity index (χ2n) is 3.75. The van der Waals surface area contributed by atoms with Gasteiger partial charge in [0.15, 0.2) is 0 Å². The van der Waals surface area contributed by atoms with E-state index in [0.717, 1.165) is 5.56 Å². The fraction of sp³-hybridized carbons (Fsp3) is 0.250. The Morgan fingerprint density at radius 1 is 1.22 bits per heavy atom. The molecule has 0 amide bonds. The normalized spacial score (nSPS) is 10.3. The fourth-order valence-corrected chi connectivity index (χ4v) is 1.53. The number of aryl methyl sites for hydroxylation is 2. The van der Waals surface area contributed by atoms with Crippen molar-refractivity contribution in [3.05, 3.63) is 35.8 Å². The molecule has 92 valence electrons. The molecule has 0 aromatic carbocycles. The molecule has 0 fully saturated rings. The molecular weight excluding hydrogens is 232 g/mol. The lowest BCUT2D eigenvalue weighted by Crippen LogP contribution is -2.07. The van der Waals surface area contributed by atoms with Gasteiger partial charge >= 0.3 is 5.97 Å². The molecule has 0 radical (unpaired) electrons. The average molecular weight is 244 g/mol. The highest BCUT2D eigenvalue weighted by molar-refractivity contribution is 5.84. The first kappa shape index (κ1) is 12.1. The molecule has 6 nitrogen and oxygen atoms in total. The van der Waals surface area contributed by atoms with E-state index in [2.05, 4.69) is 19.9 Å². The van der Waals surface area contributed by atoms with Crippen molar-refractivity contribution in [3.8, 4) is 11.3 Å². The minimum Gasteiger partial charge on any atom is -0.475 e. The van der Waals surface area contributed by atoms with Gasteiger partial charge < -0.3 is 5.11 Å². The lowest BCUT2D eigenvalue weighted by atomic mass is 10.1. The zero-order valence-corrected chi connectivity index (χ0v) is 10.1. The third-order valence-corrected chi connectivity index (χ3v) is 2.49. The van der Waals surface area contributed by atoms with Crippen LogP contribution in [0.5, 0.6) is 0 Å². The van der Waals surface area contributed by atoms with Crippen LogP contribution in [0.1, 0.15) is 28.9 Å². The molecule has 0 saturated carbocycles. The van der Waals surface area contributed by atoms with Crippen LogP contribution in [0, 0.1) is 6.92 Å². The first-order chi connectivity index (χ1) is 8.61. The van der Waals surface area contributed by atoms with Gasteiger partial charge in [-0.3, -0.25) is 0 Å². The minimum atomic E-state index is -1.15. The van der Waals surface area contributed by atoms with Gasteiger partial charge in [0.1, 0.15) is 5.82 Å². The van der Waals surface area contributed by atoms with Crippen molar-refractivity contribution < 1.29 is 9.90 Å². The number of hydrogen-bond acceptors (Lipinski definition) is 5. The van der Waals surface area contributed by atoms with E-state index < -0.39 is 5.97 Å². The Morgan fingerprint density at radius 3 is 2.44 bits per heavy atom. The van der Waals surface area contributed by atoms with E-state index in [1.807, 2.05) is 6.92 Å². The third kappa shape index (κ3) is 2.32. The van der Waals surface area contributed by atoms with Crippen LogP contribution in [-0.2, 0) is 6.42 Å². The van der Waals surface area contributed by atoms with Gasteiger partial charge in [-0.15, -0.1) is 0 Å². The van der Waals surface area contributed by atoms with Gasteiger partial charge in [-0.25, -0.2) is 24.7 Å². The summed E-state index contributed by atoms with van der Waals surface area (Å²) in [6, 6.07) is 0. The quantitative estimate of drug-likeness (QED) is 0.880. The Kier molecular flexibility index (Phi) is 3.27. The highest BCUT2D eigenvalue weighted by Gasteiger charge is 2.13. The van der Waals surface area contributed by atoms with Crippen LogP contribution in [0.15, 0.2) is 18.6 Å². The van der Waals surface area contributed by atoms with Gasteiger partial charge in [0.2, 0.25) is 5.82 Å². The van der Waals surface area contributed by atoms with Crippen molar-refractivity contribution >= 4 is 5.97 Å². The summed E-state index contributed by atoms with van der Waals surface area (Å²) in [7, 11) is 0. The lowest BCUT2D eigenvalue weighted by molar-refractivity contribution is 0.0683. The van der Waals surface area contributed by atoms with Crippen LogP contribution in [-0.4, -0.2) is 31.0 Å². The molecule has 0 bridgehead atoms. The van der Waals surface area contributed by atoms with Crippen molar-refractivity contribution in [2.75, 3.05) is 0 Å². The van der Waals surface area contributed by atoms with Gasteiger partial charge in [-0.1, -0.05) is 6.92 Å². The van der Waals surface area contributed by atoms with E-state index in [-0.39, 0.29) is 5.82 Å². The van der Waals surface area contributed by atoms with Crippen LogP contribution in [0.3, 0.4) is 0 Å². The number of carboxylic acids is 1. The molecule has 1 N–H and O–H groups in total. The Balaban J connectivity index is 2.56. The summed E-state index contributed by atoms with van der Waals surface area (Å²) < 4.78 is 0. The molecule has 2 aromatic rings. The van der Waals surface area contributed by atoms with E-state index in [1.165, 1.54) is 6.20 Å². The lowest BCUT2D eigenvalue weighted by Gasteiger charge is -2.06. The number of nitrogens with zero attached hydrogens (tertiary/aromatic N) is 4. The summed E-state index contributed by atoms with van der Waals surface area (Å²) in [5.41, 5.74) is 2.14. The average Bonchev–Trinajstić information content (AvgIpc) is 2.39. The summed E-state index contributed by atoms with van der Waals surface area (Å²) >= 11 is 0. The maximum Gasteiger partial charge on any atom is 0.373 e. The van der Waals surface area contributed by atoms with Crippen molar-refractivity contribution in [1.29, 1.82) is 0 Å². The smallest absolute Gasteiger partial charge is 0.373 e. The topological polar surface area (TPSA) is 88.9 Å². The third-order valence-electron chi connectivity index (χ3n) is 2.49. The van der Waals surface area contributed by atoms with Crippen LogP contribution >= 0.6 is 0 Å². The highest BCUT2D eigenvalue weighted by Crippen LogP contribution is 2.20. The van der Waals surface area contributed by atoms with Crippen molar-refractivity contribution in [3.63, 3.8) is 0 Å². The molecule has 0 aliphatic heterocycles. The molecule has 2 rings (SSSR count). The molecule has 0 aliphatic rings. The molecule has 0 unspecified atom stereocenters. The van der Waals surface area contributed by atoms with Gasteiger partial charge in [0.25, 0.3) is 0 Å². The Hall–Kier alpha value is -2.37. The maximum atomic E-state index is 10.9. The van der Waals surface area contributed by atoms with Gasteiger partial charge in [0.05, 0.1) is 5.69 Å². The number of carboxylic acid groups (broad SMARTS) is 1. The zero-order valence-electron chi connectivity index (χ0n) is 10.1. The molecular formula is C12H12N4O2. The van der Waals surface area contributed by atoms with Gasteiger partial charge in [-0.2, -0.15) is 0 Å². The fourth-order valence-electron chi connectivity index (χ4n) is 1.53. The second kappa shape index (κ2) is 4.87. The van der Waals surface area contributed by atoms with E-state index in [4.69, 9.17) is 5.11 Å². The summed E-state index contributed by atoms with van der Waals surface area (Å²) in [5, 5.41) is 8.91. The molecule has 0 aliphatic carbocycles. The summed E-state index contributed by atoms with van der Waals surface area (Å²) in [6.07, 6.45) is 5.51. The first-order valence-electron chi connectivity index (χ1n) is 5.50. The van der Waals surface area contributed by atoms with E-state index >= 15 is 0 Å². The molecule has 6 heteroatoms. The maximum absolute atomic E-state index is 10.9. The number of aromatic nitrogens is 4. The predicted molar refractivity (Wildman–Crippen MR) is 64.1 cm³/mol. The molecule has 18 heavy (non-hydrogen) atoms.